The molecule has 110 valence electrons. The van der Waals surface area contributed by atoms with E-state index < -0.39 is 6.04 Å². The lowest BCUT2D eigenvalue weighted by atomic mass is 10.0. The maximum Gasteiger partial charge on any atom is 0.237 e. The molecule has 0 spiro atoms. The van der Waals surface area contributed by atoms with Crippen molar-refractivity contribution >= 4 is 21.8 Å². The lowest BCUT2D eigenvalue weighted by Gasteiger charge is -2.19. The molecule has 2 aromatic carbocycles. The van der Waals surface area contributed by atoms with E-state index in [9.17, 15) is 4.79 Å². The highest BCUT2D eigenvalue weighted by atomic mass is 79.9. The van der Waals surface area contributed by atoms with Crippen molar-refractivity contribution in [3.05, 3.63) is 70.2 Å². The van der Waals surface area contributed by atoms with Gasteiger partial charge in [0.25, 0.3) is 0 Å². The third-order valence-electron chi connectivity index (χ3n) is 3.37. The minimum atomic E-state index is -0.544. The first kappa shape index (κ1) is 15.7. The summed E-state index contributed by atoms with van der Waals surface area (Å²) in [5, 5.41) is 2.96. The molecule has 21 heavy (non-hydrogen) atoms. The highest BCUT2D eigenvalue weighted by Crippen LogP contribution is 2.22. The minimum absolute atomic E-state index is 0.0881. The van der Waals surface area contributed by atoms with Crippen molar-refractivity contribution in [2.24, 2.45) is 5.73 Å². The van der Waals surface area contributed by atoms with Crippen molar-refractivity contribution in [1.82, 2.24) is 5.32 Å². The molecule has 2 aromatic rings. The van der Waals surface area contributed by atoms with E-state index in [2.05, 4.69) is 21.2 Å². The molecule has 2 atom stereocenters. The molecule has 0 unspecified atom stereocenters. The van der Waals surface area contributed by atoms with Crippen molar-refractivity contribution < 1.29 is 4.79 Å². The van der Waals surface area contributed by atoms with E-state index in [-0.39, 0.29) is 11.9 Å². The Kier molecular flexibility index (Phi) is 5.53. The monoisotopic (exact) mass is 346 g/mol. The summed E-state index contributed by atoms with van der Waals surface area (Å²) >= 11 is 3.50. The molecular formula is C17H19BrN2O. The Labute approximate surface area is 133 Å². The van der Waals surface area contributed by atoms with E-state index >= 15 is 0 Å². The maximum atomic E-state index is 12.2. The summed E-state index contributed by atoms with van der Waals surface area (Å²) in [6, 6.07) is 17.0. The third kappa shape index (κ3) is 4.41. The van der Waals surface area contributed by atoms with Crippen LogP contribution in [0.1, 0.15) is 24.1 Å². The molecule has 1 amide bonds. The van der Waals surface area contributed by atoms with E-state index in [1.54, 1.807) is 0 Å². The van der Waals surface area contributed by atoms with Gasteiger partial charge in [-0.3, -0.25) is 4.79 Å². The Bertz CT molecular complexity index is 601. The molecule has 4 heteroatoms. The first-order valence-electron chi connectivity index (χ1n) is 6.92. The fraction of sp³-hybridized carbons (Fsp3) is 0.235. The summed E-state index contributed by atoms with van der Waals surface area (Å²) in [4.78, 5) is 12.2. The first-order valence-corrected chi connectivity index (χ1v) is 7.71. The molecule has 0 heterocycles. The normalized spacial score (nSPS) is 13.5. The summed E-state index contributed by atoms with van der Waals surface area (Å²) < 4.78 is 0.981. The van der Waals surface area contributed by atoms with Crippen LogP contribution in [0.5, 0.6) is 0 Å². The highest BCUT2D eigenvalue weighted by Gasteiger charge is 2.18. The van der Waals surface area contributed by atoms with Crippen LogP contribution in [0.25, 0.3) is 0 Å². The van der Waals surface area contributed by atoms with Crippen LogP contribution < -0.4 is 11.1 Å². The molecule has 0 radical (unpaired) electrons. The average Bonchev–Trinajstić information content (AvgIpc) is 2.48. The Morgan fingerprint density at radius 3 is 2.43 bits per heavy atom. The molecule has 0 aliphatic heterocycles. The number of benzene rings is 2. The molecular weight excluding hydrogens is 328 g/mol. The standard InChI is InChI=1S/C17H19BrN2O/c1-12(14-9-5-6-10-15(14)18)20-17(21)16(19)11-13-7-3-2-4-8-13/h2-10,12,16H,11,19H2,1H3,(H,20,21)/t12-,16-/m1/s1. The van der Waals surface area contributed by atoms with Crippen LogP contribution in [0.4, 0.5) is 0 Å². The summed E-state index contributed by atoms with van der Waals surface area (Å²) in [5.74, 6) is -0.137. The van der Waals surface area contributed by atoms with Gasteiger partial charge in [0, 0.05) is 4.47 Å². The molecule has 0 saturated carbocycles. The smallest absolute Gasteiger partial charge is 0.237 e. The maximum absolute atomic E-state index is 12.2. The topological polar surface area (TPSA) is 55.1 Å². The van der Waals surface area contributed by atoms with Crippen LogP contribution in [0.3, 0.4) is 0 Å². The molecule has 0 aliphatic rings. The molecule has 0 aromatic heterocycles. The second-order valence-electron chi connectivity index (χ2n) is 5.05. The zero-order chi connectivity index (χ0) is 15.2. The van der Waals surface area contributed by atoms with E-state index in [1.807, 2.05) is 61.5 Å². The minimum Gasteiger partial charge on any atom is -0.348 e. The molecule has 0 fully saturated rings. The fourth-order valence-corrected chi connectivity index (χ4v) is 2.81. The van der Waals surface area contributed by atoms with Crippen molar-refractivity contribution in [3.63, 3.8) is 0 Å². The Morgan fingerprint density at radius 1 is 1.14 bits per heavy atom. The predicted molar refractivity (Wildman–Crippen MR) is 88.8 cm³/mol. The van der Waals surface area contributed by atoms with Crippen LogP contribution in [0, 0.1) is 0 Å². The van der Waals surface area contributed by atoms with Gasteiger partial charge in [-0.1, -0.05) is 64.5 Å². The van der Waals surface area contributed by atoms with E-state index in [0.717, 1.165) is 15.6 Å². The van der Waals surface area contributed by atoms with Gasteiger partial charge in [-0.15, -0.1) is 0 Å². The number of hydrogen-bond donors (Lipinski definition) is 2. The third-order valence-corrected chi connectivity index (χ3v) is 4.09. The molecule has 2 rings (SSSR count). The van der Waals surface area contributed by atoms with Crippen LogP contribution in [0.2, 0.25) is 0 Å². The number of amides is 1. The highest BCUT2D eigenvalue weighted by molar-refractivity contribution is 9.10. The first-order chi connectivity index (χ1) is 10.1. The van der Waals surface area contributed by atoms with Gasteiger partial charge in [-0.05, 0) is 30.5 Å². The van der Waals surface area contributed by atoms with Crippen molar-refractivity contribution in [2.75, 3.05) is 0 Å². The lowest BCUT2D eigenvalue weighted by Crippen LogP contribution is -2.43. The summed E-state index contributed by atoms with van der Waals surface area (Å²) in [7, 11) is 0. The van der Waals surface area contributed by atoms with Gasteiger partial charge >= 0.3 is 0 Å². The summed E-state index contributed by atoms with van der Waals surface area (Å²) in [5.41, 5.74) is 8.09. The van der Waals surface area contributed by atoms with E-state index in [4.69, 9.17) is 5.73 Å². The largest absolute Gasteiger partial charge is 0.348 e. The number of carbonyl (C=O) groups is 1. The second-order valence-corrected chi connectivity index (χ2v) is 5.90. The van der Waals surface area contributed by atoms with Gasteiger partial charge in [0.15, 0.2) is 0 Å². The second kappa shape index (κ2) is 7.38. The number of nitrogens with two attached hydrogens (primary N) is 1. The Morgan fingerprint density at radius 2 is 1.76 bits per heavy atom. The van der Waals surface area contributed by atoms with Gasteiger partial charge < -0.3 is 11.1 Å². The fourth-order valence-electron chi connectivity index (χ4n) is 2.19. The molecule has 3 N–H and O–H groups in total. The zero-order valence-electron chi connectivity index (χ0n) is 11.9. The van der Waals surface area contributed by atoms with Gasteiger partial charge in [-0.25, -0.2) is 0 Å². The van der Waals surface area contributed by atoms with Gasteiger partial charge in [-0.2, -0.15) is 0 Å². The van der Waals surface area contributed by atoms with Gasteiger partial charge in [0.1, 0.15) is 0 Å². The van der Waals surface area contributed by atoms with Crippen LogP contribution in [0.15, 0.2) is 59.1 Å². The van der Waals surface area contributed by atoms with Crippen molar-refractivity contribution in [2.45, 2.75) is 25.4 Å². The number of rotatable bonds is 5. The Hall–Kier alpha value is -1.65. The predicted octanol–water partition coefficient (Wildman–Crippen LogP) is 3.20. The number of carbonyl (C=O) groups excluding carboxylic acids is 1. The zero-order valence-corrected chi connectivity index (χ0v) is 13.5. The van der Waals surface area contributed by atoms with E-state index in [0.29, 0.717) is 6.42 Å². The van der Waals surface area contributed by atoms with Gasteiger partial charge in [0.2, 0.25) is 5.91 Å². The molecule has 3 nitrogen and oxygen atoms in total. The van der Waals surface area contributed by atoms with Gasteiger partial charge in [0.05, 0.1) is 12.1 Å². The summed E-state index contributed by atoms with van der Waals surface area (Å²) in [6.45, 7) is 1.95. The molecule has 0 bridgehead atoms. The van der Waals surface area contributed by atoms with Crippen molar-refractivity contribution in [1.29, 1.82) is 0 Å². The number of nitrogens with one attached hydrogen (secondary N) is 1. The number of halogens is 1. The van der Waals surface area contributed by atoms with E-state index in [1.165, 1.54) is 0 Å². The SMILES string of the molecule is C[C@@H](NC(=O)[C@H](N)Cc1ccccc1)c1ccccc1Br. The van der Waals surface area contributed by atoms with Crippen LogP contribution >= 0.6 is 15.9 Å². The van der Waals surface area contributed by atoms with Crippen molar-refractivity contribution in [3.8, 4) is 0 Å². The quantitative estimate of drug-likeness (QED) is 0.873. The molecule has 0 saturated heterocycles. The number of hydrogen-bond acceptors (Lipinski definition) is 2. The lowest BCUT2D eigenvalue weighted by molar-refractivity contribution is -0.123. The van der Waals surface area contributed by atoms with Crippen LogP contribution in [-0.4, -0.2) is 11.9 Å². The average molecular weight is 347 g/mol. The summed E-state index contributed by atoms with van der Waals surface area (Å²) in [6.07, 6.45) is 0.537. The van der Waals surface area contributed by atoms with Crippen LogP contribution in [-0.2, 0) is 11.2 Å². The molecule has 0 aliphatic carbocycles. The Balaban J connectivity index is 1.96.